The van der Waals surface area contributed by atoms with Gasteiger partial charge in [-0.1, -0.05) is 15.9 Å². The highest BCUT2D eigenvalue weighted by molar-refractivity contribution is 9.10. The molecule has 0 saturated heterocycles. The van der Waals surface area contributed by atoms with Gasteiger partial charge in [0.05, 0.1) is 17.2 Å². The maximum atomic E-state index is 10.5. The third-order valence-corrected chi connectivity index (χ3v) is 3.15. The predicted molar refractivity (Wildman–Crippen MR) is 66.9 cm³/mol. The molecule has 5 nitrogen and oxygen atoms in total. The lowest BCUT2D eigenvalue weighted by Crippen LogP contribution is -2.11. The van der Waals surface area contributed by atoms with Crippen molar-refractivity contribution in [3.63, 3.8) is 0 Å². The van der Waals surface area contributed by atoms with Crippen LogP contribution < -0.4 is 0 Å². The van der Waals surface area contributed by atoms with Crippen LogP contribution in [-0.4, -0.2) is 28.5 Å². The molecule has 1 aromatic rings. The van der Waals surface area contributed by atoms with Crippen LogP contribution in [-0.2, 0) is 11.2 Å². The second-order valence-electron chi connectivity index (χ2n) is 3.14. The highest BCUT2D eigenvalue weighted by atomic mass is 79.9. The van der Waals surface area contributed by atoms with E-state index in [-0.39, 0.29) is 10.5 Å². The third-order valence-electron chi connectivity index (χ3n) is 1.88. The lowest BCUT2D eigenvalue weighted by molar-refractivity contribution is -0.385. The standard InChI is InChI=1S/C9H10Br2N2O3/c1-16-5-6(10)2-9-8(11)3-7(4-12-9)13(14)15/h3-4,6H,2,5H2,1H3. The van der Waals surface area contributed by atoms with Crippen molar-refractivity contribution < 1.29 is 9.66 Å². The van der Waals surface area contributed by atoms with Gasteiger partial charge in [0.15, 0.2) is 0 Å². The Morgan fingerprint density at radius 3 is 2.88 bits per heavy atom. The highest BCUT2D eigenvalue weighted by Gasteiger charge is 2.13. The monoisotopic (exact) mass is 352 g/mol. The van der Waals surface area contributed by atoms with Crippen LogP contribution in [0.1, 0.15) is 5.69 Å². The van der Waals surface area contributed by atoms with Crippen LogP contribution >= 0.6 is 31.9 Å². The van der Waals surface area contributed by atoms with Crippen LogP contribution in [0.3, 0.4) is 0 Å². The Kier molecular flexibility index (Phi) is 5.30. The molecule has 7 heteroatoms. The molecule has 0 spiro atoms. The van der Waals surface area contributed by atoms with Gasteiger partial charge in [-0.05, 0) is 15.9 Å². The molecule has 0 radical (unpaired) electrons. The van der Waals surface area contributed by atoms with Crippen molar-refractivity contribution >= 4 is 37.5 Å². The minimum atomic E-state index is -0.470. The molecule has 0 saturated carbocycles. The van der Waals surface area contributed by atoms with Crippen molar-refractivity contribution in [1.29, 1.82) is 0 Å². The first kappa shape index (κ1) is 13.5. The van der Waals surface area contributed by atoms with Crippen LogP contribution in [0.2, 0.25) is 0 Å². The molecule has 16 heavy (non-hydrogen) atoms. The Morgan fingerprint density at radius 1 is 1.69 bits per heavy atom. The summed E-state index contributed by atoms with van der Waals surface area (Å²) in [5.41, 5.74) is 0.748. The minimum Gasteiger partial charge on any atom is -0.384 e. The maximum Gasteiger partial charge on any atom is 0.288 e. The molecule has 1 unspecified atom stereocenters. The fourth-order valence-corrected chi connectivity index (χ4v) is 2.23. The molecule has 0 N–H and O–H groups in total. The first-order valence-corrected chi connectivity index (χ1v) is 6.17. The summed E-state index contributed by atoms with van der Waals surface area (Å²) in [6, 6.07) is 1.45. The van der Waals surface area contributed by atoms with E-state index in [1.165, 1.54) is 12.3 Å². The van der Waals surface area contributed by atoms with Gasteiger partial charge in [-0.15, -0.1) is 0 Å². The van der Waals surface area contributed by atoms with E-state index < -0.39 is 4.92 Å². The summed E-state index contributed by atoms with van der Waals surface area (Å²) in [4.78, 5) is 14.2. The van der Waals surface area contributed by atoms with E-state index in [2.05, 4.69) is 36.8 Å². The van der Waals surface area contributed by atoms with Gasteiger partial charge >= 0.3 is 0 Å². The second kappa shape index (κ2) is 6.27. The number of nitro groups is 1. The molecule has 1 rings (SSSR count). The van der Waals surface area contributed by atoms with E-state index in [0.717, 1.165) is 5.69 Å². The Hall–Kier alpha value is -0.530. The molecule has 0 aliphatic heterocycles. The Bertz CT molecular complexity index is 387. The van der Waals surface area contributed by atoms with E-state index in [1.807, 2.05) is 0 Å². The number of rotatable bonds is 5. The SMILES string of the molecule is COCC(Br)Cc1ncc([N+](=O)[O-])cc1Br. The fraction of sp³-hybridized carbons (Fsp3) is 0.444. The number of halogens is 2. The highest BCUT2D eigenvalue weighted by Crippen LogP contribution is 2.22. The van der Waals surface area contributed by atoms with Gasteiger partial charge in [0, 0.05) is 28.9 Å². The molecule has 0 bridgehead atoms. The van der Waals surface area contributed by atoms with Gasteiger partial charge in [-0.25, -0.2) is 0 Å². The van der Waals surface area contributed by atoms with Crippen LogP contribution in [0.15, 0.2) is 16.7 Å². The van der Waals surface area contributed by atoms with E-state index in [1.54, 1.807) is 7.11 Å². The smallest absolute Gasteiger partial charge is 0.288 e. The zero-order valence-corrected chi connectivity index (χ0v) is 11.7. The van der Waals surface area contributed by atoms with Crippen LogP contribution in [0.4, 0.5) is 5.69 Å². The lowest BCUT2D eigenvalue weighted by atomic mass is 10.2. The average Bonchev–Trinajstić information content (AvgIpc) is 2.21. The van der Waals surface area contributed by atoms with Crippen LogP contribution in [0, 0.1) is 10.1 Å². The molecule has 0 aromatic carbocycles. The number of methoxy groups -OCH3 is 1. The first-order chi connectivity index (χ1) is 7.54. The Balaban J connectivity index is 2.79. The van der Waals surface area contributed by atoms with Crippen molar-refractivity contribution in [2.75, 3.05) is 13.7 Å². The summed E-state index contributed by atoms with van der Waals surface area (Å²) in [6.45, 7) is 0.561. The van der Waals surface area contributed by atoms with Gasteiger partial charge in [-0.2, -0.15) is 0 Å². The average molecular weight is 354 g/mol. The van der Waals surface area contributed by atoms with Gasteiger partial charge in [0.1, 0.15) is 6.20 Å². The van der Waals surface area contributed by atoms with Crippen LogP contribution in [0.5, 0.6) is 0 Å². The molecule has 1 aromatic heterocycles. The molecule has 0 amide bonds. The van der Waals surface area contributed by atoms with Gasteiger partial charge in [0.25, 0.3) is 5.69 Å². The summed E-state index contributed by atoms with van der Waals surface area (Å²) in [7, 11) is 1.62. The summed E-state index contributed by atoms with van der Waals surface area (Å²) in [6.07, 6.45) is 1.90. The normalized spacial score (nSPS) is 12.4. The minimum absolute atomic E-state index is 0.0199. The van der Waals surface area contributed by atoms with Crippen molar-refractivity contribution in [2.45, 2.75) is 11.2 Å². The van der Waals surface area contributed by atoms with E-state index in [0.29, 0.717) is 17.5 Å². The summed E-state index contributed by atoms with van der Waals surface area (Å²) in [5, 5.41) is 10.5. The molecule has 0 aliphatic rings. The quantitative estimate of drug-likeness (QED) is 0.463. The molecule has 0 fully saturated rings. The van der Waals surface area contributed by atoms with Crippen molar-refractivity contribution in [3.05, 3.63) is 32.5 Å². The molecular weight excluding hydrogens is 344 g/mol. The molecular formula is C9H10Br2N2O3. The maximum absolute atomic E-state index is 10.5. The number of pyridine rings is 1. The van der Waals surface area contributed by atoms with E-state index in [4.69, 9.17) is 4.74 Å². The van der Waals surface area contributed by atoms with Gasteiger partial charge < -0.3 is 4.74 Å². The summed E-state index contributed by atoms with van der Waals surface area (Å²) >= 11 is 6.70. The Labute approximate surface area is 110 Å². The number of hydrogen-bond donors (Lipinski definition) is 0. The van der Waals surface area contributed by atoms with Crippen molar-refractivity contribution in [1.82, 2.24) is 4.98 Å². The molecule has 0 aliphatic carbocycles. The first-order valence-electron chi connectivity index (χ1n) is 4.46. The summed E-state index contributed by atoms with van der Waals surface area (Å²) < 4.78 is 5.62. The number of aromatic nitrogens is 1. The van der Waals surface area contributed by atoms with E-state index >= 15 is 0 Å². The molecule has 1 atom stereocenters. The topological polar surface area (TPSA) is 65.3 Å². The number of alkyl halides is 1. The molecule has 88 valence electrons. The largest absolute Gasteiger partial charge is 0.384 e. The lowest BCUT2D eigenvalue weighted by Gasteiger charge is -2.08. The zero-order chi connectivity index (χ0) is 12.1. The van der Waals surface area contributed by atoms with Crippen molar-refractivity contribution in [3.8, 4) is 0 Å². The van der Waals surface area contributed by atoms with E-state index in [9.17, 15) is 10.1 Å². The predicted octanol–water partition coefficient (Wildman–Crippen LogP) is 2.70. The van der Waals surface area contributed by atoms with Crippen molar-refractivity contribution in [2.24, 2.45) is 0 Å². The molecule has 1 heterocycles. The zero-order valence-electron chi connectivity index (χ0n) is 8.52. The second-order valence-corrected chi connectivity index (χ2v) is 5.29. The van der Waals surface area contributed by atoms with Gasteiger partial charge in [0.2, 0.25) is 0 Å². The van der Waals surface area contributed by atoms with Crippen LogP contribution in [0.25, 0.3) is 0 Å². The summed E-state index contributed by atoms with van der Waals surface area (Å²) in [5.74, 6) is 0. The fourth-order valence-electron chi connectivity index (χ4n) is 1.16. The number of ether oxygens (including phenoxy) is 1. The third kappa shape index (κ3) is 3.80. The Morgan fingerprint density at radius 2 is 2.38 bits per heavy atom. The van der Waals surface area contributed by atoms with Gasteiger partial charge in [-0.3, -0.25) is 15.1 Å². The number of hydrogen-bond acceptors (Lipinski definition) is 4. The number of nitrogens with zero attached hydrogens (tertiary/aromatic N) is 2.